The third-order valence-corrected chi connectivity index (χ3v) is 6.01. The number of para-hydroxylation sites is 1. The second-order valence-corrected chi connectivity index (χ2v) is 8.40. The van der Waals surface area contributed by atoms with E-state index in [1.807, 2.05) is 84.9 Å². The van der Waals surface area contributed by atoms with Crippen molar-refractivity contribution in [3.05, 3.63) is 101 Å². The van der Waals surface area contributed by atoms with Crippen molar-refractivity contribution in [1.82, 2.24) is 10.2 Å². The number of piperidine rings is 1. The Balaban J connectivity index is 1.39. The zero-order valence-corrected chi connectivity index (χ0v) is 18.5. The average molecular weight is 448 g/mol. The number of hydrogen-bond acceptors (Lipinski definition) is 2. The van der Waals surface area contributed by atoms with Gasteiger partial charge in [-0.3, -0.25) is 4.79 Å². The molecule has 6 heteroatoms. The lowest BCUT2D eigenvalue weighted by Crippen LogP contribution is -2.45. The van der Waals surface area contributed by atoms with Gasteiger partial charge in [-0.05, 0) is 48.2 Å². The van der Waals surface area contributed by atoms with Crippen LogP contribution in [0.15, 0.2) is 84.9 Å². The summed E-state index contributed by atoms with van der Waals surface area (Å²) in [4.78, 5) is 27.4. The number of benzene rings is 3. The molecular formula is C26H26ClN3O2. The van der Waals surface area contributed by atoms with Gasteiger partial charge in [-0.2, -0.15) is 0 Å². The lowest BCUT2D eigenvalue weighted by molar-refractivity contribution is -0.126. The maximum Gasteiger partial charge on any atom is 0.321 e. The summed E-state index contributed by atoms with van der Waals surface area (Å²) in [5.41, 5.74) is 2.71. The summed E-state index contributed by atoms with van der Waals surface area (Å²) in [7, 11) is 0. The highest BCUT2D eigenvalue weighted by Gasteiger charge is 2.29. The molecule has 5 nitrogen and oxygen atoms in total. The zero-order valence-electron chi connectivity index (χ0n) is 17.7. The van der Waals surface area contributed by atoms with Crippen LogP contribution >= 0.6 is 11.6 Å². The molecule has 2 N–H and O–H groups in total. The first-order chi connectivity index (χ1) is 15.6. The van der Waals surface area contributed by atoms with Gasteiger partial charge < -0.3 is 15.5 Å². The van der Waals surface area contributed by atoms with E-state index in [1.54, 1.807) is 4.90 Å². The van der Waals surface area contributed by atoms with Crippen molar-refractivity contribution in [2.24, 2.45) is 5.92 Å². The quantitative estimate of drug-likeness (QED) is 0.543. The molecule has 1 aliphatic rings. The number of rotatable bonds is 5. The monoisotopic (exact) mass is 447 g/mol. The Morgan fingerprint density at radius 3 is 2.12 bits per heavy atom. The largest absolute Gasteiger partial charge is 0.345 e. The molecule has 1 fully saturated rings. The Hall–Kier alpha value is -3.31. The van der Waals surface area contributed by atoms with Crippen LogP contribution in [0, 0.1) is 5.92 Å². The minimum Gasteiger partial charge on any atom is -0.345 e. The molecule has 1 atom stereocenters. The molecule has 0 aliphatic carbocycles. The molecular weight excluding hydrogens is 422 g/mol. The maximum atomic E-state index is 13.1. The molecule has 0 spiro atoms. The van der Waals surface area contributed by atoms with Gasteiger partial charge in [0.15, 0.2) is 0 Å². The Morgan fingerprint density at radius 1 is 0.844 bits per heavy atom. The summed E-state index contributed by atoms with van der Waals surface area (Å²) in [6.07, 6.45) is 1.26. The van der Waals surface area contributed by atoms with E-state index < -0.39 is 0 Å². The maximum absolute atomic E-state index is 13.1. The summed E-state index contributed by atoms with van der Waals surface area (Å²) in [5.74, 6) is -0.136. The Bertz CT molecular complexity index is 1050. The number of carbonyl (C=O) groups excluding carboxylic acids is 2. The molecule has 3 aromatic carbocycles. The second-order valence-electron chi connectivity index (χ2n) is 7.96. The van der Waals surface area contributed by atoms with Gasteiger partial charge in [0.2, 0.25) is 5.91 Å². The first-order valence-corrected chi connectivity index (χ1v) is 11.2. The number of carbonyl (C=O) groups is 2. The van der Waals surface area contributed by atoms with E-state index in [9.17, 15) is 9.59 Å². The van der Waals surface area contributed by atoms with Crippen LogP contribution in [-0.4, -0.2) is 29.9 Å². The van der Waals surface area contributed by atoms with E-state index in [4.69, 9.17) is 11.6 Å². The molecule has 1 aliphatic heterocycles. The predicted octanol–water partition coefficient (Wildman–Crippen LogP) is 5.49. The molecule has 4 rings (SSSR count). The molecule has 1 saturated heterocycles. The second kappa shape index (κ2) is 10.3. The number of amides is 3. The fourth-order valence-corrected chi connectivity index (χ4v) is 4.22. The summed E-state index contributed by atoms with van der Waals surface area (Å²) in [6, 6.07) is 26.4. The smallest absolute Gasteiger partial charge is 0.321 e. The van der Waals surface area contributed by atoms with Crippen LogP contribution in [0.2, 0.25) is 5.02 Å². The van der Waals surface area contributed by atoms with E-state index in [2.05, 4.69) is 10.6 Å². The molecule has 0 aromatic heterocycles. The van der Waals surface area contributed by atoms with E-state index in [1.165, 1.54) is 0 Å². The standard InChI is InChI=1S/C26H26ClN3O2/c27-22-11-7-10-21(18-22)24(19-8-3-1-4-9-19)29-25(31)20-14-16-30(17-15-20)26(32)28-23-12-5-2-6-13-23/h1-13,18,20,24H,14-17H2,(H,28,32)(H,29,31). The third kappa shape index (κ3) is 5.48. The van der Waals surface area contributed by atoms with Crippen molar-refractivity contribution in [1.29, 1.82) is 0 Å². The van der Waals surface area contributed by atoms with Crippen molar-refractivity contribution in [2.45, 2.75) is 18.9 Å². The number of anilines is 1. The number of urea groups is 1. The third-order valence-electron chi connectivity index (χ3n) is 5.78. The van der Waals surface area contributed by atoms with Gasteiger partial charge in [-0.1, -0.05) is 72.3 Å². The van der Waals surface area contributed by atoms with E-state index in [-0.39, 0.29) is 23.9 Å². The van der Waals surface area contributed by atoms with Gasteiger partial charge in [0.05, 0.1) is 6.04 Å². The van der Waals surface area contributed by atoms with Gasteiger partial charge in [-0.25, -0.2) is 4.79 Å². The number of hydrogen-bond donors (Lipinski definition) is 2. The van der Waals surface area contributed by atoms with Crippen LogP contribution in [0.25, 0.3) is 0 Å². The predicted molar refractivity (Wildman–Crippen MR) is 128 cm³/mol. The summed E-state index contributed by atoms with van der Waals surface area (Å²) in [6.45, 7) is 1.09. The molecule has 0 bridgehead atoms. The van der Waals surface area contributed by atoms with Crippen molar-refractivity contribution < 1.29 is 9.59 Å². The van der Waals surface area contributed by atoms with Gasteiger partial charge in [0.25, 0.3) is 0 Å². The summed E-state index contributed by atoms with van der Waals surface area (Å²) < 4.78 is 0. The van der Waals surface area contributed by atoms with Crippen LogP contribution in [0.5, 0.6) is 0 Å². The number of nitrogens with zero attached hydrogens (tertiary/aromatic N) is 1. The number of likely N-dealkylation sites (tertiary alicyclic amines) is 1. The first kappa shape index (κ1) is 21.9. The van der Waals surface area contributed by atoms with Crippen molar-refractivity contribution in [3.63, 3.8) is 0 Å². The van der Waals surface area contributed by atoms with Crippen LogP contribution < -0.4 is 10.6 Å². The minimum absolute atomic E-state index is 0.00180. The van der Waals surface area contributed by atoms with E-state index in [0.29, 0.717) is 31.0 Å². The normalized spacial score (nSPS) is 15.1. The van der Waals surface area contributed by atoms with Crippen LogP contribution in [0.3, 0.4) is 0 Å². The van der Waals surface area contributed by atoms with Crippen LogP contribution in [0.4, 0.5) is 10.5 Å². The molecule has 1 unspecified atom stereocenters. The molecule has 3 aromatic rings. The fourth-order valence-electron chi connectivity index (χ4n) is 4.02. The highest BCUT2D eigenvalue weighted by Crippen LogP contribution is 2.26. The topological polar surface area (TPSA) is 61.4 Å². The molecule has 1 heterocycles. The summed E-state index contributed by atoms with van der Waals surface area (Å²) >= 11 is 6.21. The Morgan fingerprint density at radius 2 is 1.47 bits per heavy atom. The number of halogens is 1. The van der Waals surface area contributed by atoms with E-state index in [0.717, 1.165) is 16.8 Å². The van der Waals surface area contributed by atoms with Crippen LogP contribution in [0.1, 0.15) is 30.0 Å². The van der Waals surface area contributed by atoms with Crippen LogP contribution in [-0.2, 0) is 4.79 Å². The zero-order chi connectivity index (χ0) is 22.3. The molecule has 0 radical (unpaired) electrons. The number of nitrogens with one attached hydrogen (secondary N) is 2. The van der Waals surface area contributed by atoms with Crippen molar-refractivity contribution in [3.8, 4) is 0 Å². The van der Waals surface area contributed by atoms with Gasteiger partial charge >= 0.3 is 6.03 Å². The molecule has 164 valence electrons. The summed E-state index contributed by atoms with van der Waals surface area (Å²) in [5, 5.41) is 6.76. The molecule has 0 saturated carbocycles. The van der Waals surface area contributed by atoms with Gasteiger partial charge in [-0.15, -0.1) is 0 Å². The lowest BCUT2D eigenvalue weighted by Gasteiger charge is -2.32. The van der Waals surface area contributed by atoms with E-state index >= 15 is 0 Å². The highest BCUT2D eigenvalue weighted by atomic mass is 35.5. The lowest BCUT2D eigenvalue weighted by atomic mass is 9.93. The average Bonchev–Trinajstić information content (AvgIpc) is 2.83. The van der Waals surface area contributed by atoms with Gasteiger partial charge in [0, 0.05) is 29.7 Å². The fraction of sp³-hybridized carbons (Fsp3) is 0.231. The molecule has 3 amide bonds. The van der Waals surface area contributed by atoms with Gasteiger partial charge in [0.1, 0.15) is 0 Å². The Kier molecular flexibility index (Phi) is 7.07. The first-order valence-electron chi connectivity index (χ1n) is 10.8. The minimum atomic E-state index is -0.276. The SMILES string of the molecule is O=C(NC(c1ccccc1)c1cccc(Cl)c1)C1CCN(C(=O)Nc2ccccc2)CC1. The molecule has 32 heavy (non-hydrogen) atoms. The Labute approximate surface area is 193 Å². The van der Waals surface area contributed by atoms with Crippen molar-refractivity contribution in [2.75, 3.05) is 18.4 Å². The van der Waals surface area contributed by atoms with Crippen molar-refractivity contribution >= 4 is 29.2 Å². The highest BCUT2D eigenvalue weighted by molar-refractivity contribution is 6.30.